The Balaban J connectivity index is 1.50. The first-order chi connectivity index (χ1) is 14.7. The van der Waals surface area contributed by atoms with E-state index in [-0.39, 0.29) is 40.9 Å². The second-order valence-corrected chi connectivity index (χ2v) is 12.1. The molecule has 0 saturated carbocycles. The first-order valence-electron chi connectivity index (χ1n) is 10.2. The fraction of sp³-hybridized carbons (Fsp3) is 0.526. The van der Waals surface area contributed by atoms with Crippen LogP contribution in [0.5, 0.6) is 0 Å². The fourth-order valence-corrected chi connectivity index (χ4v) is 7.26. The summed E-state index contributed by atoms with van der Waals surface area (Å²) in [7, 11) is -6.82. The van der Waals surface area contributed by atoms with Gasteiger partial charge >= 0.3 is 0 Å². The average molecular weight is 469 g/mol. The summed E-state index contributed by atoms with van der Waals surface area (Å²) >= 11 is 0. The van der Waals surface area contributed by atoms with Crippen LogP contribution < -0.4 is 5.32 Å². The van der Waals surface area contributed by atoms with Gasteiger partial charge in [0.2, 0.25) is 15.9 Å². The lowest BCUT2D eigenvalue weighted by Crippen LogP contribution is -2.42. The molecule has 31 heavy (non-hydrogen) atoms. The van der Waals surface area contributed by atoms with Crippen LogP contribution in [0.15, 0.2) is 34.3 Å². The number of nitrogens with one attached hydrogen (secondary N) is 1. The average Bonchev–Trinajstić information content (AvgIpc) is 3.38. The number of nitrogens with zero attached hydrogens (tertiary/aromatic N) is 3. The molecule has 0 spiro atoms. The van der Waals surface area contributed by atoms with Crippen LogP contribution in [0.25, 0.3) is 0 Å². The number of hydrazone groups is 1. The van der Waals surface area contributed by atoms with Gasteiger partial charge in [0, 0.05) is 31.6 Å². The van der Waals surface area contributed by atoms with Crippen LogP contribution in [0.3, 0.4) is 0 Å². The molecule has 2 fully saturated rings. The van der Waals surface area contributed by atoms with Crippen molar-refractivity contribution < 1.29 is 26.4 Å². The number of benzene rings is 1. The fourth-order valence-electron chi connectivity index (χ4n) is 4.00. The minimum atomic E-state index is -3.62. The highest BCUT2D eigenvalue weighted by Gasteiger charge is 2.37. The summed E-state index contributed by atoms with van der Waals surface area (Å²) < 4.78 is 50.4. The molecule has 1 atom stereocenters. The number of amides is 2. The van der Waals surface area contributed by atoms with Crippen molar-refractivity contribution in [1.29, 1.82) is 0 Å². The molecule has 4 rings (SSSR count). The number of carbonyl (C=O) groups excluding carboxylic acids is 2. The number of anilines is 1. The summed E-state index contributed by atoms with van der Waals surface area (Å²) in [6, 6.07) is 5.47. The number of rotatable bonds is 5. The molecule has 0 radical (unpaired) electrons. The van der Waals surface area contributed by atoms with Gasteiger partial charge < -0.3 is 5.32 Å². The zero-order valence-electron chi connectivity index (χ0n) is 16.9. The predicted molar refractivity (Wildman–Crippen MR) is 114 cm³/mol. The van der Waals surface area contributed by atoms with Gasteiger partial charge in [-0.15, -0.1) is 0 Å². The number of sulfone groups is 1. The predicted octanol–water partition coefficient (Wildman–Crippen LogP) is 0.575. The highest BCUT2D eigenvalue weighted by Crippen LogP contribution is 2.25. The van der Waals surface area contributed by atoms with Gasteiger partial charge in [-0.25, -0.2) is 21.8 Å². The van der Waals surface area contributed by atoms with E-state index < -0.39 is 31.8 Å². The molecule has 1 N–H and O–H groups in total. The van der Waals surface area contributed by atoms with Gasteiger partial charge in [-0.2, -0.15) is 9.41 Å². The molecule has 0 bridgehead atoms. The summed E-state index contributed by atoms with van der Waals surface area (Å²) in [4.78, 5) is 25.0. The summed E-state index contributed by atoms with van der Waals surface area (Å²) in [5.74, 6) is -1.02. The first kappa shape index (κ1) is 21.9. The van der Waals surface area contributed by atoms with Crippen molar-refractivity contribution in [3.8, 4) is 0 Å². The van der Waals surface area contributed by atoms with Crippen molar-refractivity contribution >= 4 is 43.1 Å². The van der Waals surface area contributed by atoms with E-state index in [4.69, 9.17) is 0 Å². The van der Waals surface area contributed by atoms with E-state index >= 15 is 0 Å². The van der Waals surface area contributed by atoms with Crippen molar-refractivity contribution in [2.24, 2.45) is 5.10 Å². The Morgan fingerprint density at radius 2 is 1.90 bits per heavy atom. The molecule has 3 aliphatic heterocycles. The molecule has 168 valence electrons. The molecule has 2 saturated heterocycles. The van der Waals surface area contributed by atoms with Crippen LogP contribution in [-0.2, 0) is 29.4 Å². The van der Waals surface area contributed by atoms with Gasteiger partial charge in [0.25, 0.3) is 5.91 Å². The second kappa shape index (κ2) is 8.32. The van der Waals surface area contributed by atoms with Crippen molar-refractivity contribution in [2.45, 2.75) is 43.0 Å². The molecule has 1 aromatic carbocycles. The lowest BCUT2D eigenvalue weighted by atomic mass is 10.1. The van der Waals surface area contributed by atoms with Gasteiger partial charge in [0.1, 0.15) is 5.71 Å². The van der Waals surface area contributed by atoms with E-state index in [1.807, 2.05) is 0 Å². The van der Waals surface area contributed by atoms with Gasteiger partial charge in [0.15, 0.2) is 9.84 Å². The highest BCUT2D eigenvalue weighted by molar-refractivity contribution is 7.91. The summed E-state index contributed by atoms with van der Waals surface area (Å²) in [6.07, 6.45) is 2.14. The Kier molecular flexibility index (Phi) is 5.88. The minimum absolute atomic E-state index is 0.00319. The molecule has 0 aliphatic carbocycles. The molecule has 0 aromatic heterocycles. The molecule has 12 heteroatoms. The summed E-state index contributed by atoms with van der Waals surface area (Å²) in [6.45, 7) is 0.965. The largest absolute Gasteiger partial charge is 0.321 e. The molecule has 1 aromatic rings. The molecule has 3 aliphatic rings. The van der Waals surface area contributed by atoms with E-state index in [0.717, 1.165) is 17.9 Å². The maximum Gasteiger partial charge on any atom is 0.271 e. The Morgan fingerprint density at radius 1 is 1.16 bits per heavy atom. The molecule has 10 nitrogen and oxygen atoms in total. The van der Waals surface area contributed by atoms with Crippen molar-refractivity contribution in [1.82, 2.24) is 9.31 Å². The second-order valence-electron chi connectivity index (χ2n) is 7.94. The molecule has 3 heterocycles. The molecule has 0 unspecified atom stereocenters. The van der Waals surface area contributed by atoms with Crippen molar-refractivity contribution in [3.05, 3.63) is 24.3 Å². The third kappa shape index (κ3) is 4.65. The topological polar surface area (TPSA) is 133 Å². The number of carbonyl (C=O) groups is 2. The van der Waals surface area contributed by atoms with Crippen LogP contribution in [0, 0.1) is 0 Å². The van der Waals surface area contributed by atoms with E-state index in [1.165, 1.54) is 16.4 Å². The maximum atomic E-state index is 12.7. The summed E-state index contributed by atoms with van der Waals surface area (Å²) in [5.41, 5.74) is 0.413. The SMILES string of the molecule is O=C(Nc1cccc(S(=O)(=O)N2CCCC2)c1)C1=NN([C@H]2CCS(=O)(=O)C2)C(=O)CC1. The monoisotopic (exact) mass is 468 g/mol. The lowest BCUT2D eigenvalue weighted by Gasteiger charge is -2.27. The first-order valence-corrected chi connectivity index (χ1v) is 13.4. The standard InChI is InChI=1S/C19H24N4O6S2/c24-18-7-6-17(21-23(18)15-8-11-30(26,27)13-15)19(25)20-14-4-3-5-16(12-14)31(28,29)22-9-1-2-10-22/h3-5,12,15H,1-2,6-11,13H2,(H,20,25)/t15-/m0/s1. The summed E-state index contributed by atoms with van der Waals surface area (Å²) in [5, 5.41) is 7.91. The third-order valence-electron chi connectivity index (χ3n) is 5.67. The van der Waals surface area contributed by atoms with Crippen LogP contribution >= 0.6 is 0 Å². The van der Waals surface area contributed by atoms with Gasteiger partial charge in [-0.3, -0.25) is 9.59 Å². The normalized spacial score (nSPS) is 24.3. The Hall–Kier alpha value is -2.31. The lowest BCUT2D eigenvalue weighted by molar-refractivity contribution is -0.133. The Bertz CT molecular complexity index is 1140. The maximum absolute atomic E-state index is 12.7. The van der Waals surface area contributed by atoms with E-state index in [0.29, 0.717) is 25.2 Å². The quantitative estimate of drug-likeness (QED) is 0.672. The van der Waals surface area contributed by atoms with Crippen LogP contribution in [0.4, 0.5) is 5.69 Å². The van der Waals surface area contributed by atoms with E-state index in [9.17, 15) is 26.4 Å². The Morgan fingerprint density at radius 3 is 2.58 bits per heavy atom. The van der Waals surface area contributed by atoms with Crippen LogP contribution in [0.2, 0.25) is 0 Å². The van der Waals surface area contributed by atoms with Gasteiger partial charge in [-0.1, -0.05) is 6.07 Å². The minimum Gasteiger partial charge on any atom is -0.321 e. The Labute approximate surface area is 181 Å². The highest BCUT2D eigenvalue weighted by atomic mass is 32.2. The van der Waals surface area contributed by atoms with E-state index in [1.54, 1.807) is 12.1 Å². The number of hydrogen-bond acceptors (Lipinski definition) is 7. The van der Waals surface area contributed by atoms with Crippen molar-refractivity contribution in [2.75, 3.05) is 29.9 Å². The number of sulfonamides is 1. The number of hydrogen-bond donors (Lipinski definition) is 1. The van der Waals surface area contributed by atoms with Crippen LogP contribution in [-0.4, -0.2) is 74.3 Å². The van der Waals surface area contributed by atoms with Crippen molar-refractivity contribution in [3.63, 3.8) is 0 Å². The van der Waals surface area contributed by atoms with Crippen LogP contribution in [0.1, 0.15) is 32.1 Å². The smallest absolute Gasteiger partial charge is 0.271 e. The van der Waals surface area contributed by atoms with Gasteiger partial charge in [0.05, 0.1) is 22.4 Å². The van der Waals surface area contributed by atoms with E-state index in [2.05, 4.69) is 10.4 Å². The molecule has 2 amide bonds. The third-order valence-corrected chi connectivity index (χ3v) is 9.32. The zero-order chi connectivity index (χ0) is 22.2. The van der Waals surface area contributed by atoms with Gasteiger partial charge in [-0.05, 0) is 37.5 Å². The molecular weight excluding hydrogens is 444 g/mol. The molecular formula is C19H24N4O6S2. The zero-order valence-corrected chi connectivity index (χ0v) is 18.5.